The number of amides is 1. The number of carbonyl (C=O) groups is 1. The van der Waals surface area contributed by atoms with Gasteiger partial charge in [0.15, 0.2) is 0 Å². The molecule has 0 unspecified atom stereocenters. The minimum absolute atomic E-state index is 0.186. The lowest BCUT2D eigenvalue weighted by Crippen LogP contribution is -2.09. The number of ether oxygens (including phenoxy) is 1. The van der Waals surface area contributed by atoms with E-state index in [1.54, 1.807) is 12.3 Å². The molecule has 4 aromatic carbocycles. The van der Waals surface area contributed by atoms with Crippen LogP contribution in [0.2, 0.25) is 0 Å². The fraction of sp³-hybridized carbons (Fsp3) is 0.129. The van der Waals surface area contributed by atoms with Gasteiger partial charge in [-0.15, -0.1) is 0 Å². The lowest BCUT2D eigenvalue weighted by atomic mass is 9.96. The number of anilines is 1. The summed E-state index contributed by atoms with van der Waals surface area (Å²) in [6.07, 6.45) is 3.42. The van der Waals surface area contributed by atoms with Crippen molar-refractivity contribution in [2.45, 2.75) is 20.8 Å². The van der Waals surface area contributed by atoms with Crippen LogP contribution in [0, 0.1) is 6.92 Å². The third-order valence-electron chi connectivity index (χ3n) is 6.24. The van der Waals surface area contributed by atoms with Crippen LogP contribution in [-0.4, -0.2) is 12.5 Å². The van der Waals surface area contributed by atoms with E-state index in [-0.39, 0.29) is 5.91 Å². The van der Waals surface area contributed by atoms with Crippen molar-refractivity contribution in [3.63, 3.8) is 0 Å². The second kappa shape index (κ2) is 9.51. The Morgan fingerprint density at radius 2 is 1.71 bits per heavy atom. The second-order valence-electron chi connectivity index (χ2n) is 8.55. The number of rotatable bonds is 6. The molecule has 0 spiro atoms. The van der Waals surface area contributed by atoms with Crippen LogP contribution in [-0.2, 0) is 4.79 Å². The second-order valence-corrected chi connectivity index (χ2v) is 8.55. The van der Waals surface area contributed by atoms with Crippen molar-refractivity contribution in [3.05, 3.63) is 102 Å². The molecular weight excluding hydrogens is 434 g/mol. The molecule has 1 aromatic heterocycles. The van der Waals surface area contributed by atoms with Gasteiger partial charge in [0.05, 0.1) is 12.9 Å². The summed E-state index contributed by atoms with van der Waals surface area (Å²) in [4.78, 5) is 13.0. The molecule has 0 aliphatic heterocycles. The molecular formula is C31H27NO3. The minimum atomic E-state index is -0.186. The number of nitrogens with one attached hydrogen (secondary N) is 1. The SMILES string of the molecule is CCOc1c(/C(C)=C/C(=O)Nc2cccc3ccccc23)cc2c(-c3ccccc3)coc2c1C. The molecule has 35 heavy (non-hydrogen) atoms. The molecule has 4 nitrogen and oxygen atoms in total. The first kappa shape index (κ1) is 22.5. The van der Waals surface area contributed by atoms with E-state index in [0.717, 1.165) is 61.0 Å². The number of carbonyl (C=O) groups excluding carboxylic acids is 1. The summed E-state index contributed by atoms with van der Waals surface area (Å²) in [6, 6.07) is 26.1. The molecule has 5 aromatic rings. The Hall–Kier alpha value is -4.31. The summed E-state index contributed by atoms with van der Waals surface area (Å²) in [5.41, 5.74) is 6.29. The first-order valence-corrected chi connectivity index (χ1v) is 11.8. The highest BCUT2D eigenvalue weighted by molar-refractivity contribution is 6.09. The average Bonchev–Trinajstić information content (AvgIpc) is 3.31. The lowest BCUT2D eigenvalue weighted by molar-refractivity contribution is -0.111. The van der Waals surface area contributed by atoms with Gasteiger partial charge in [0.25, 0.3) is 0 Å². The highest BCUT2D eigenvalue weighted by atomic mass is 16.5. The molecule has 1 heterocycles. The third-order valence-corrected chi connectivity index (χ3v) is 6.24. The van der Waals surface area contributed by atoms with Crippen molar-refractivity contribution in [2.24, 2.45) is 0 Å². The monoisotopic (exact) mass is 461 g/mol. The van der Waals surface area contributed by atoms with E-state index in [1.807, 2.05) is 81.4 Å². The van der Waals surface area contributed by atoms with E-state index in [9.17, 15) is 4.79 Å². The zero-order valence-electron chi connectivity index (χ0n) is 20.1. The van der Waals surface area contributed by atoms with Gasteiger partial charge in [-0.05, 0) is 49.4 Å². The van der Waals surface area contributed by atoms with Gasteiger partial charge in [0, 0.05) is 39.2 Å². The van der Waals surface area contributed by atoms with Crippen LogP contribution < -0.4 is 10.1 Å². The molecule has 0 radical (unpaired) electrons. The first-order chi connectivity index (χ1) is 17.1. The third kappa shape index (κ3) is 4.31. The van der Waals surface area contributed by atoms with Gasteiger partial charge in [-0.2, -0.15) is 0 Å². The highest BCUT2D eigenvalue weighted by Gasteiger charge is 2.19. The smallest absolute Gasteiger partial charge is 0.248 e. The van der Waals surface area contributed by atoms with Gasteiger partial charge < -0.3 is 14.5 Å². The number of benzene rings is 4. The van der Waals surface area contributed by atoms with Gasteiger partial charge >= 0.3 is 0 Å². The topological polar surface area (TPSA) is 51.5 Å². The quantitative estimate of drug-likeness (QED) is 0.261. The van der Waals surface area contributed by atoms with Crippen LogP contribution in [0.1, 0.15) is 25.0 Å². The Labute approximate surface area is 204 Å². The number of fused-ring (bicyclic) bond motifs is 2. The highest BCUT2D eigenvalue weighted by Crippen LogP contribution is 2.40. The largest absolute Gasteiger partial charge is 0.493 e. The summed E-state index contributed by atoms with van der Waals surface area (Å²) in [7, 11) is 0. The van der Waals surface area contributed by atoms with Crippen LogP contribution in [0.4, 0.5) is 5.69 Å². The van der Waals surface area contributed by atoms with Crippen molar-refractivity contribution in [1.29, 1.82) is 0 Å². The van der Waals surface area contributed by atoms with Gasteiger partial charge in [0.2, 0.25) is 5.91 Å². The maximum Gasteiger partial charge on any atom is 0.248 e. The van der Waals surface area contributed by atoms with E-state index < -0.39 is 0 Å². The lowest BCUT2D eigenvalue weighted by Gasteiger charge is -2.15. The predicted octanol–water partition coefficient (Wildman–Crippen LogP) is 8.00. The van der Waals surface area contributed by atoms with Crippen molar-refractivity contribution < 1.29 is 13.9 Å². The summed E-state index contributed by atoms with van der Waals surface area (Å²) in [5.74, 6) is 0.551. The molecule has 1 amide bonds. The molecule has 5 rings (SSSR count). The molecule has 0 atom stereocenters. The van der Waals surface area contributed by atoms with Crippen LogP contribution in [0.5, 0.6) is 5.75 Å². The maximum atomic E-state index is 13.0. The summed E-state index contributed by atoms with van der Waals surface area (Å²) in [6.45, 7) is 6.41. The first-order valence-electron chi connectivity index (χ1n) is 11.8. The molecule has 1 N–H and O–H groups in total. The molecule has 0 aliphatic carbocycles. The molecule has 0 aliphatic rings. The van der Waals surface area contributed by atoms with Crippen LogP contribution in [0.3, 0.4) is 0 Å². The van der Waals surface area contributed by atoms with Crippen LogP contribution in [0.25, 0.3) is 38.4 Å². The number of hydrogen-bond acceptors (Lipinski definition) is 3. The zero-order chi connectivity index (χ0) is 24.4. The Kier molecular flexibility index (Phi) is 6.11. The number of hydrogen-bond donors (Lipinski definition) is 1. The molecule has 0 bridgehead atoms. The van der Waals surface area contributed by atoms with E-state index in [2.05, 4.69) is 23.5 Å². The van der Waals surface area contributed by atoms with Gasteiger partial charge in [-0.25, -0.2) is 0 Å². The van der Waals surface area contributed by atoms with E-state index in [4.69, 9.17) is 9.15 Å². The van der Waals surface area contributed by atoms with Crippen molar-refractivity contribution >= 4 is 38.9 Å². The predicted molar refractivity (Wildman–Crippen MR) is 144 cm³/mol. The van der Waals surface area contributed by atoms with E-state index in [1.165, 1.54) is 0 Å². The Bertz CT molecular complexity index is 1560. The number of furan rings is 1. The molecule has 0 saturated heterocycles. The van der Waals surface area contributed by atoms with Gasteiger partial charge in [-0.3, -0.25) is 4.79 Å². The van der Waals surface area contributed by atoms with E-state index in [0.29, 0.717) is 6.61 Å². The van der Waals surface area contributed by atoms with Crippen molar-refractivity contribution in [2.75, 3.05) is 11.9 Å². The minimum Gasteiger partial charge on any atom is -0.493 e. The number of allylic oxidation sites excluding steroid dienone is 1. The van der Waals surface area contributed by atoms with Crippen molar-refractivity contribution in [3.8, 4) is 16.9 Å². The summed E-state index contributed by atoms with van der Waals surface area (Å²) in [5, 5.41) is 6.13. The van der Waals surface area contributed by atoms with Crippen molar-refractivity contribution in [1.82, 2.24) is 0 Å². The molecule has 174 valence electrons. The fourth-order valence-corrected chi connectivity index (χ4v) is 4.56. The Morgan fingerprint density at radius 3 is 2.51 bits per heavy atom. The van der Waals surface area contributed by atoms with Gasteiger partial charge in [-0.1, -0.05) is 66.7 Å². The average molecular weight is 462 g/mol. The Morgan fingerprint density at radius 1 is 0.971 bits per heavy atom. The van der Waals surface area contributed by atoms with E-state index >= 15 is 0 Å². The zero-order valence-corrected chi connectivity index (χ0v) is 20.1. The Balaban J connectivity index is 1.56. The standard InChI is InChI=1S/C31H27NO3/c1-4-34-30-21(3)31-26(27(19-35-31)23-11-6-5-7-12-23)18-25(30)20(2)17-29(33)32-28-16-10-14-22-13-8-9-15-24(22)28/h5-19H,4H2,1-3H3,(H,32,33)/b20-17+. The molecule has 4 heteroatoms. The summed E-state index contributed by atoms with van der Waals surface area (Å²) >= 11 is 0. The van der Waals surface area contributed by atoms with Crippen LogP contribution in [0.15, 0.2) is 95.6 Å². The fourth-order valence-electron chi connectivity index (χ4n) is 4.56. The summed E-state index contributed by atoms with van der Waals surface area (Å²) < 4.78 is 12.0. The molecule has 0 saturated carbocycles. The van der Waals surface area contributed by atoms with Crippen LogP contribution >= 0.6 is 0 Å². The molecule has 0 fully saturated rings. The normalized spacial score (nSPS) is 11.7. The maximum absolute atomic E-state index is 13.0. The number of aryl methyl sites for hydroxylation is 1. The van der Waals surface area contributed by atoms with Gasteiger partial charge in [0.1, 0.15) is 11.3 Å².